The van der Waals surface area contributed by atoms with Crippen LogP contribution in [-0.4, -0.2) is 46.2 Å². The number of aromatic nitrogens is 3. The summed E-state index contributed by atoms with van der Waals surface area (Å²) in [5.74, 6) is -0.237. The third-order valence-corrected chi connectivity index (χ3v) is 7.39. The number of methoxy groups -OCH3 is 2. The Morgan fingerprint density at radius 1 is 1.14 bits per heavy atom. The number of rotatable bonds is 3. The van der Waals surface area contributed by atoms with Crippen LogP contribution in [0, 0.1) is 5.92 Å². The molecule has 9 nitrogen and oxygen atoms in total. The smallest absolute Gasteiger partial charge is 0.236 e. The third kappa shape index (κ3) is 2.75. The molecule has 178 valence electrons. The van der Waals surface area contributed by atoms with Gasteiger partial charge in [0.2, 0.25) is 23.1 Å². The number of hydrogen-bond acceptors (Lipinski definition) is 8. The van der Waals surface area contributed by atoms with Crippen LogP contribution in [0.2, 0.25) is 5.02 Å². The first-order valence-corrected chi connectivity index (χ1v) is 11.5. The van der Waals surface area contributed by atoms with Gasteiger partial charge in [-0.1, -0.05) is 48.9 Å². The number of hydrogen-bond donors (Lipinski definition) is 1. The highest BCUT2D eigenvalue weighted by atomic mass is 35.5. The monoisotopic (exact) mass is 492 g/mol. The van der Waals surface area contributed by atoms with Crippen molar-refractivity contribution in [3.8, 4) is 17.2 Å². The molecule has 1 aromatic heterocycles. The molecule has 0 saturated carbocycles. The van der Waals surface area contributed by atoms with E-state index in [1.165, 1.54) is 20.3 Å². The fraction of sp³-hybridized carbons (Fsp3) is 0.280. The molecule has 0 fully saturated rings. The predicted molar refractivity (Wildman–Crippen MR) is 126 cm³/mol. The van der Waals surface area contributed by atoms with Crippen molar-refractivity contribution in [1.82, 2.24) is 14.8 Å². The summed E-state index contributed by atoms with van der Waals surface area (Å²) in [6, 6.07) is 10.6. The third-order valence-electron chi connectivity index (χ3n) is 7.03. The van der Waals surface area contributed by atoms with Crippen molar-refractivity contribution >= 4 is 29.1 Å². The molecule has 3 unspecified atom stereocenters. The molecule has 1 aliphatic carbocycles. The van der Waals surface area contributed by atoms with Gasteiger partial charge in [0.15, 0.2) is 5.75 Å². The summed E-state index contributed by atoms with van der Waals surface area (Å²) in [5, 5.41) is 11.6. The zero-order chi connectivity index (χ0) is 24.5. The van der Waals surface area contributed by atoms with Crippen molar-refractivity contribution in [2.45, 2.75) is 25.0 Å². The SMILES string of the molecule is COc1cc(OC)c2c(c1Cl)OC1(C(=O)C3=C(CC1C)Nc1nncn1C3c1ccccc1)C2=O. The van der Waals surface area contributed by atoms with Crippen LogP contribution in [0.15, 0.2) is 54.0 Å². The number of nitrogens with one attached hydrogen (secondary N) is 1. The Balaban J connectivity index is 1.54. The Hall–Kier alpha value is -3.85. The molecular formula is C25H21ClN4O5. The first kappa shape index (κ1) is 21.7. The number of fused-ring (bicyclic) bond motifs is 2. The summed E-state index contributed by atoms with van der Waals surface area (Å²) < 4.78 is 18.9. The van der Waals surface area contributed by atoms with Crippen molar-refractivity contribution in [2.75, 3.05) is 19.5 Å². The molecule has 3 aromatic rings. The highest BCUT2D eigenvalue weighted by Gasteiger charge is 2.63. The molecule has 0 bridgehead atoms. The summed E-state index contributed by atoms with van der Waals surface area (Å²) in [7, 11) is 2.90. The molecule has 2 aromatic carbocycles. The van der Waals surface area contributed by atoms with Crippen LogP contribution >= 0.6 is 11.6 Å². The molecule has 0 amide bonds. The highest BCUT2D eigenvalue weighted by Crippen LogP contribution is 2.55. The molecule has 2 aliphatic heterocycles. The number of allylic oxidation sites excluding steroid dienone is 1. The van der Waals surface area contributed by atoms with E-state index in [-0.39, 0.29) is 22.1 Å². The van der Waals surface area contributed by atoms with E-state index in [2.05, 4.69) is 15.5 Å². The number of halogens is 1. The standard InChI is InChI=1S/C25H21ClN4O5/c1-12-9-14-17(20(13-7-5-4-6-8-13)30-11-27-29-24(30)28-14)22(31)25(12)23(32)18-15(33-2)10-16(34-3)19(26)21(18)35-25/h4-8,10-12,20H,9H2,1-3H3,(H,28,29). The van der Waals surface area contributed by atoms with Gasteiger partial charge in [-0.25, -0.2) is 0 Å². The van der Waals surface area contributed by atoms with Crippen molar-refractivity contribution in [1.29, 1.82) is 0 Å². The zero-order valence-electron chi connectivity index (χ0n) is 19.2. The normalized spacial score (nSPS) is 24.5. The summed E-state index contributed by atoms with van der Waals surface area (Å²) in [6.07, 6.45) is 1.95. The van der Waals surface area contributed by atoms with Gasteiger partial charge in [-0.2, -0.15) is 0 Å². The summed E-state index contributed by atoms with van der Waals surface area (Å²) in [5.41, 5.74) is 0.355. The summed E-state index contributed by atoms with van der Waals surface area (Å²) in [4.78, 5) is 28.5. The van der Waals surface area contributed by atoms with E-state index in [0.717, 1.165) is 5.56 Å². The second-order valence-electron chi connectivity index (χ2n) is 8.79. The van der Waals surface area contributed by atoms with Crippen molar-refractivity contribution in [3.63, 3.8) is 0 Å². The minimum atomic E-state index is -1.79. The van der Waals surface area contributed by atoms with E-state index in [4.69, 9.17) is 25.8 Å². The predicted octanol–water partition coefficient (Wildman–Crippen LogP) is 3.84. The van der Waals surface area contributed by atoms with Gasteiger partial charge in [0, 0.05) is 23.3 Å². The molecule has 1 spiro atoms. The van der Waals surface area contributed by atoms with Gasteiger partial charge in [0.05, 0.1) is 20.3 Å². The van der Waals surface area contributed by atoms with Gasteiger partial charge < -0.3 is 19.5 Å². The van der Waals surface area contributed by atoms with Gasteiger partial charge in [0.1, 0.15) is 28.4 Å². The lowest BCUT2D eigenvalue weighted by atomic mass is 9.68. The lowest BCUT2D eigenvalue weighted by molar-refractivity contribution is -0.130. The first-order chi connectivity index (χ1) is 16.9. The van der Waals surface area contributed by atoms with Crippen molar-refractivity contribution in [2.24, 2.45) is 5.92 Å². The van der Waals surface area contributed by atoms with Crippen molar-refractivity contribution < 1.29 is 23.8 Å². The van der Waals surface area contributed by atoms with Crippen LogP contribution in [0.1, 0.15) is 35.3 Å². The maximum Gasteiger partial charge on any atom is 0.236 e. The molecule has 0 saturated heterocycles. The maximum atomic E-state index is 14.4. The van der Waals surface area contributed by atoms with Gasteiger partial charge in [0.25, 0.3) is 0 Å². The van der Waals surface area contributed by atoms with E-state index >= 15 is 0 Å². The van der Waals surface area contributed by atoms with Crippen LogP contribution in [0.5, 0.6) is 17.2 Å². The minimum Gasteiger partial charge on any atom is -0.496 e. The van der Waals surface area contributed by atoms with Gasteiger partial charge in [-0.15, -0.1) is 10.2 Å². The van der Waals surface area contributed by atoms with Crippen molar-refractivity contribution in [3.05, 3.63) is 70.1 Å². The van der Waals surface area contributed by atoms with Crippen LogP contribution in [-0.2, 0) is 4.79 Å². The number of ether oxygens (including phenoxy) is 3. The molecular weight excluding hydrogens is 472 g/mol. The molecule has 35 heavy (non-hydrogen) atoms. The summed E-state index contributed by atoms with van der Waals surface area (Å²) >= 11 is 6.55. The van der Waals surface area contributed by atoms with Gasteiger partial charge in [-0.05, 0) is 12.0 Å². The van der Waals surface area contributed by atoms with Crippen LogP contribution in [0.3, 0.4) is 0 Å². The number of ketones is 2. The zero-order valence-corrected chi connectivity index (χ0v) is 19.9. The van der Waals surface area contributed by atoms with Crippen LogP contribution in [0.4, 0.5) is 5.95 Å². The van der Waals surface area contributed by atoms with Crippen LogP contribution in [0.25, 0.3) is 0 Å². The molecule has 3 atom stereocenters. The lowest BCUT2D eigenvalue weighted by Gasteiger charge is -2.42. The van der Waals surface area contributed by atoms with E-state index in [9.17, 15) is 9.59 Å². The number of carbonyl (C=O) groups is 2. The Labute approximate surface area is 205 Å². The van der Waals surface area contributed by atoms with Gasteiger partial charge >= 0.3 is 0 Å². The average Bonchev–Trinajstić information content (AvgIpc) is 3.46. The second-order valence-corrected chi connectivity index (χ2v) is 9.17. The quantitative estimate of drug-likeness (QED) is 0.550. The van der Waals surface area contributed by atoms with E-state index in [1.54, 1.807) is 10.9 Å². The fourth-order valence-corrected chi connectivity index (χ4v) is 5.63. The number of carbonyl (C=O) groups excluding carboxylic acids is 2. The first-order valence-electron chi connectivity index (χ1n) is 11.1. The Bertz CT molecular complexity index is 1430. The second kappa shape index (κ2) is 7.58. The molecule has 3 aliphatic rings. The molecule has 6 rings (SSSR count). The Morgan fingerprint density at radius 3 is 2.60 bits per heavy atom. The van der Waals surface area contributed by atoms with Crippen LogP contribution < -0.4 is 19.5 Å². The molecule has 1 N–H and O–H groups in total. The number of benzene rings is 2. The Kier molecular flexibility index (Phi) is 4.69. The number of nitrogens with zero attached hydrogens (tertiary/aromatic N) is 3. The summed E-state index contributed by atoms with van der Waals surface area (Å²) in [6.45, 7) is 1.82. The molecule has 10 heteroatoms. The Morgan fingerprint density at radius 2 is 1.89 bits per heavy atom. The molecule has 0 radical (unpaired) electrons. The van der Waals surface area contributed by atoms with E-state index < -0.39 is 29.1 Å². The fourth-order valence-electron chi connectivity index (χ4n) is 5.36. The van der Waals surface area contributed by atoms with E-state index in [0.29, 0.717) is 29.4 Å². The molecule has 3 heterocycles. The number of anilines is 1. The van der Waals surface area contributed by atoms with Gasteiger partial charge in [-0.3, -0.25) is 14.2 Å². The maximum absolute atomic E-state index is 14.4. The lowest BCUT2D eigenvalue weighted by Crippen LogP contribution is -2.58. The number of Topliss-reactive ketones (excluding diaryl/α,β-unsaturated/α-hetero) is 2. The minimum absolute atomic E-state index is 0.0992. The largest absolute Gasteiger partial charge is 0.496 e. The average molecular weight is 493 g/mol. The van der Waals surface area contributed by atoms with E-state index in [1.807, 2.05) is 37.3 Å². The topological polar surface area (TPSA) is 105 Å². The highest BCUT2D eigenvalue weighted by molar-refractivity contribution is 6.36.